The number of aryl methyl sites for hydroxylation is 1. The summed E-state index contributed by atoms with van der Waals surface area (Å²) in [4.78, 5) is 10.7. The number of nitrogen functional groups attached to an aromatic ring is 2. The first-order valence-corrected chi connectivity index (χ1v) is 12.7. The summed E-state index contributed by atoms with van der Waals surface area (Å²) in [5, 5.41) is 16.8. The van der Waals surface area contributed by atoms with Crippen LogP contribution in [0.4, 0.5) is 11.4 Å². The van der Waals surface area contributed by atoms with Crippen molar-refractivity contribution in [2.75, 3.05) is 17.2 Å². The lowest BCUT2D eigenvalue weighted by atomic mass is 10.2. The van der Waals surface area contributed by atoms with E-state index < -0.39 is 5.09 Å². The van der Waals surface area contributed by atoms with Gasteiger partial charge in [0, 0.05) is 21.2 Å². The van der Waals surface area contributed by atoms with Crippen LogP contribution in [0.2, 0.25) is 0 Å². The van der Waals surface area contributed by atoms with Crippen molar-refractivity contribution >= 4 is 34.5 Å². The number of hydrogen-bond donors (Lipinski definition) is 2. The number of nitrogens with zero attached hydrogens (tertiary/aromatic N) is 3. The first-order valence-electron chi connectivity index (χ1n) is 10.8. The first kappa shape index (κ1) is 25.9. The molecular formula is C24H27N5O4S2. The number of hydrogen-bond acceptors (Lipinski definition) is 8. The molecule has 0 fully saturated rings. The second kappa shape index (κ2) is 13.3. The second-order valence-electron chi connectivity index (χ2n) is 7.51. The SMILES string of the molecule is Nc1ccc(OC(C[n+]2ccn(CCCSc3ccccc3)c2)c2cccs2)c(N)c1.O=[N+]([O-])[O-]. The Morgan fingerprint density at radius 1 is 1.11 bits per heavy atom. The quantitative estimate of drug-likeness (QED) is 0.0778. The number of aromatic nitrogens is 2. The minimum atomic E-state index is -1.75. The van der Waals surface area contributed by atoms with E-state index in [1.165, 1.54) is 4.90 Å². The largest absolute Gasteiger partial charge is 0.479 e. The summed E-state index contributed by atoms with van der Waals surface area (Å²) in [5.41, 5.74) is 13.1. The van der Waals surface area contributed by atoms with Crippen molar-refractivity contribution in [2.45, 2.75) is 30.5 Å². The normalized spacial score (nSPS) is 11.3. The maximum atomic E-state index is 8.25. The van der Waals surface area contributed by atoms with Crippen LogP contribution in [-0.4, -0.2) is 15.4 Å². The van der Waals surface area contributed by atoms with Gasteiger partial charge >= 0.3 is 0 Å². The van der Waals surface area contributed by atoms with Crippen molar-refractivity contribution in [2.24, 2.45) is 0 Å². The zero-order chi connectivity index (χ0) is 25.0. The molecule has 0 aliphatic heterocycles. The summed E-state index contributed by atoms with van der Waals surface area (Å²) in [7, 11) is 0. The molecule has 4 aromatic rings. The van der Waals surface area contributed by atoms with Crippen molar-refractivity contribution in [3.8, 4) is 5.75 Å². The summed E-state index contributed by atoms with van der Waals surface area (Å²) < 4.78 is 10.7. The van der Waals surface area contributed by atoms with Crippen LogP contribution in [0.5, 0.6) is 5.75 Å². The Morgan fingerprint density at radius 2 is 1.89 bits per heavy atom. The van der Waals surface area contributed by atoms with E-state index in [2.05, 4.69) is 69.6 Å². The molecule has 2 heterocycles. The van der Waals surface area contributed by atoms with E-state index in [4.69, 9.17) is 31.5 Å². The molecule has 0 saturated carbocycles. The van der Waals surface area contributed by atoms with Crippen LogP contribution in [0.3, 0.4) is 0 Å². The summed E-state index contributed by atoms with van der Waals surface area (Å²) in [5.74, 6) is 1.75. The molecular weight excluding hydrogens is 486 g/mol. The van der Waals surface area contributed by atoms with E-state index in [0.717, 1.165) is 23.6 Å². The van der Waals surface area contributed by atoms with Crippen LogP contribution in [0, 0.1) is 15.3 Å². The van der Waals surface area contributed by atoms with Gasteiger partial charge in [-0.15, -0.1) is 23.1 Å². The Hall–Kier alpha value is -3.70. The van der Waals surface area contributed by atoms with Gasteiger partial charge in [0.05, 0.1) is 17.3 Å². The molecule has 0 saturated heterocycles. The third-order valence-corrected chi connectivity index (χ3v) is 6.92. The molecule has 0 bridgehead atoms. The maximum absolute atomic E-state index is 8.25. The van der Waals surface area contributed by atoms with Crippen LogP contribution in [0.25, 0.3) is 0 Å². The van der Waals surface area contributed by atoms with Crippen LogP contribution >= 0.6 is 23.1 Å². The fourth-order valence-corrected chi connectivity index (χ4v) is 4.92. The zero-order valence-corrected chi connectivity index (χ0v) is 20.6. The number of imidazole rings is 1. The minimum Gasteiger partial charge on any atom is -0.479 e. The van der Waals surface area contributed by atoms with Gasteiger partial charge in [-0.2, -0.15) is 0 Å². The molecule has 0 aliphatic rings. The van der Waals surface area contributed by atoms with Gasteiger partial charge in [0.25, 0.3) is 0 Å². The number of thiophene rings is 1. The predicted octanol–water partition coefficient (Wildman–Crippen LogP) is 4.77. The molecule has 1 atom stereocenters. The van der Waals surface area contributed by atoms with E-state index >= 15 is 0 Å². The third kappa shape index (κ3) is 8.87. The fraction of sp³-hybridized carbons (Fsp3) is 0.208. The molecule has 2 aromatic carbocycles. The number of nitrogens with two attached hydrogens (primary N) is 2. The van der Waals surface area contributed by atoms with Gasteiger partial charge in [0.15, 0.2) is 6.10 Å². The maximum Gasteiger partial charge on any atom is 0.243 e. The average Bonchev–Trinajstić information content (AvgIpc) is 3.51. The molecule has 1 unspecified atom stereocenters. The number of rotatable bonds is 10. The van der Waals surface area contributed by atoms with Crippen molar-refractivity contribution in [1.82, 2.24) is 4.57 Å². The summed E-state index contributed by atoms with van der Waals surface area (Å²) in [6.45, 7) is 1.69. The lowest BCUT2D eigenvalue weighted by Gasteiger charge is -2.18. The summed E-state index contributed by atoms with van der Waals surface area (Å²) in [6, 6.07) is 20.1. The second-order valence-corrected chi connectivity index (χ2v) is 9.65. The minimum absolute atomic E-state index is 0.125. The Kier molecular flexibility index (Phi) is 9.81. The fourth-order valence-electron chi connectivity index (χ4n) is 3.31. The van der Waals surface area contributed by atoms with Crippen LogP contribution < -0.4 is 20.8 Å². The molecule has 184 valence electrons. The highest BCUT2D eigenvalue weighted by molar-refractivity contribution is 7.99. The number of anilines is 2. The predicted molar refractivity (Wildman–Crippen MR) is 140 cm³/mol. The highest BCUT2D eigenvalue weighted by Crippen LogP contribution is 2.30. The van der Waals surface area contributed by atoms with E-state index in [1.54, 1.807) is 17.4 Å². The number of ether oxygens (including phenoxy) is 1. The molecule has 11 heteroatoms. The van der Waals surface area contributed by atoms with Gasteiger partial charge in [-0.05, 0) is 48.2 Å². The van der Waals surface area contributed by atoms with Crippen LogP contribution in [0.1, 0.15) is 17.4 Å². The smallest absolute Gasteiger partial charge is 0.243 e. The van der Waals surface area contributed by atoms with Crippen LogP contribution in [-0.2, 0) is 13.1 Å². The van der Waals surface area contributed by atoms with Gasteiger partial charge in [-0.25, -0.2) is 9.13 Å². The Bertz CT molecular complexity index is 1180. The molecule has 0 amide bonds. The van der Waals surface area contributed by atoms with E-state index in [-0.39, 0.29) is 6.10 Å². The molecule has 0 aliphatic carbocycles. The molecule has 0 spiro atoms. The molecule has 35 heavy (non-hydrogen) atoms. The Morgan fingerprint density at radius 3 is 2.57 bits per heavy atom. The van der Waals surface area contributed by atoms with E-state index in [9.17, 15) is 0 Å². The Balaban J connectivity index is 0.000000795. The average molecular weight is 514 g/mol. The zero-order valence-electron chi connectivity index (χ0n) is 18.9. The Labute approximate surface area is 211 Å². The highest BCUT2D eigenvalue weighted by Gasteiger charge is 2.20. The van der Waals surface area contributed by atoms with Crippen LogP contribution in [0.15, 0.2) is 89.7 Å². The van der Waals surface area contributed by atoms with E-state index in [1.807, 2.05) is 30.0 Å². The van der Waals surface area contributed by atoms with Gasteiger partial charge in [0.2, 0.25) is 6.33 Å². The summed E-state index contributed by atoms with van der Waals surface area (Å²) >= 11 is 3.59. The topological polar surface area (TPSA) is 136 Å². The molecule has 9 nitrogen and oxygen atoms in total. The first-order chi connectivity index (χ1) is 16.9. The van der Waals surface area contributed by atoms with Crippen molar-refractivity contribution in [3.63, 3.8) is 0 Å². The molecule has 2 aromatic heterocycles. The highest BCUT2D eigenvalue weighted by atomic mass is 32.2. The van der Waals surface area contributed by atoms with Crippen molar-refractivity contribution in [3.05, 3.63) is 105 Å². The standard InChI is InChI=1S/C24H27N4OS2.NO3/c25-19-9-10-22(21(26)16-19)29-23(24-8-4-14-31-24)17-28-13-12-27(18-28)11-5-15-30-20-6-2-1-3-7-20;2-1(3)4/h1-4,6-10,12-14,16,18,23H,5,11,15,17,25-26H2;/q+1;-1. The lowest BCUT2D eigenvalue weighted by molar-refractivity contribution is -0.703. The molecule has 4 rings (SSSR count). The van der Waals surface area contributed by atoms with Gasteiger partial charge in [-0.1, -0.05) is 24.3 Å². The van der Waals surface area contributed by atoms with Gasteiger partial charge < -0.3 is 31.5 Å². The number of benzene rings is 2. The van der Waals surface area contributed by atoms with Gasteiger partial charge in [0.1, 0.15) is 24.7 Å². The van der Waals surface area contributed by atoms with Gasteiger partial charge in [-0.3, -0.25) is 0 Å². The molecule has 4 N–H and O–H groups in total. The molecule has 0 radical (unpaired) electrons. The summed E-state index contributed by atoms with van der Waals surface area (Å²) in [6.07, 6.45) is 7.35. The van der Waals surface area contributed by atoms with E-state index in [0.29, 0.717) is 23.7 Å². The monoisotopic (exact) mass is 513 g/mol. The van der Waals surface area contributed by atoms with Crippen molar-refractivity contribution in [1.29, 1.82) is 0 Å². The third-order valence-electron chi connectivity index (χ3n) is 4.86. The lowest BCUT2D eigenvalue weighted by Crippen LogP contribution is -2.36. The number of thioether (sulfide) groups is 1. The van der Waals surface area contributed by atoms with Crippen molar-refractivity contribution < 1.29 is 14.4 Å².